The van der Waals surface area contributed by atoms with Crippen LogP contribution in [-0.4, -0.2) is 59.5 Å². The van der Waals surface area contributed by atoms with Crippen molar-refractivity contribution >= 4 is 7.82 Å². The molecule has 10 nitrogen and oxygen atoms in total. The van der Waals surface area contributed by atoms with Crippen LogP contribution in [0.4, 0.5) is 0 Å². The molecule has 0 amide bonds. The Bertz CT molecular complexity index is 320. The van der Waals surface area contributed by atoms with Gasteiger partial charge in [-0.05, 0) is 19.3 Å². The first-order valence-corrected chi connectivity index (χ1v) is 11.9. The summed E-state index contributed by atoms with van der Waals surface area (Å²) >= 11 is 0. The second kappa shape index (κ2) is 22.6. The zero-order valence-electron chi connectivity index (χ0n) is 18.1. The van der Waals surface area contributed by atoms with Gasteiger partial charge in [-0.15, -0.1) is 14.0 Å². The van der Waals surface area contributed by atoms with Crippen molar-refractivity contribution in [1.29, 1.82) is 0 Å². The van der Waals surface area contributed by atoms with E-state index in [0.717, 1.165) is 38.5 Å². The second-order valence-electron chi connectivity index (χ2n) is 6.03. The summed E-state index contributed by atoms with van der Waals surface area (Å²) in [6.45, 7) is 9.01. The van der Waals surface area contributed by atoms with Gasteiger partial charge in [-0.3, -0.25) is 0 Å². The van der Waals surface area contributed by atoms with Crippen LogP contribution in [0.25, 0.3) is 0 Å². The lowest BCUT2D eigenvalue weighted by atomic mass is 10.4. The smallest absolute Gasteiger partial charge is 0.379 e. The highest BCUT2D eigenvalue weighted by atomic mass is 31.2. The molecule has 0 rings (SSSR count). The molecule has 0 spiro atoms. The Kier molecular flexibility index (Phi) is 22.5. The molecule has 0 radical (unpaired) electrons. The van der Waals surface area contributed by atoms with Crippen molar-refractivity contribution in [3.63, 3.8) is 0 Å². The molecule has 0 aromatic carbocycles. The van der Waals surface area contributed by atoms with Crippen LogP contribution in [0, 0.1) is 0 Å². The molecular weight excluding hydrogens is 407 g/mol. The van der Waals surface area contributed by atoms with E-state index in [-0.39, 0.29) is 39.6 Å². The van der Waals surface area contributed by atoms with Gasteiger partial charge in [0, 0.05) is 19.8 Å². The third-order valence-electron chi connectivity index (χ3n) is 3.29. The molecular formula is C18H39O10P. The third-order valence-corrected chi connectivity index (χ3v) is 4.16. The average Bonchev–Trinajstić information content (AvgIpc) is 2.72. The summed E-state index contributed by atoms with van der Waals surface area (Å²) in [6, 6.07) is 0. The van der Waals surface area contributed by atoms with Crippen molar-refractivity contribution in [1.82, 2.24) is 0 Å². The normalized spacial score (nSPS) is 12.0. The zero-order chi connectivity index (χ0) is 21.5. The van der Waals surface area contributed by atoms with Crippen LogP contribution < -0.4 is 0 Å². The largest absolute Gasteiger partial charge is 0.556 e. The predicted molar refractivity (Wildman–Crippen MR) is 106 cm³/mol. The highest BCUT2D eigenvalue weighted by Crippen LogP contribution is 2.50. The van der Waals surface area contributed by atoms with E-state index in [2.05, 4.69) is 20.8 Å². The Morgan fingerprint density at radius 1 is 0.483 bits per heavy atom. The maximum absolute atomic E-state index is 12.5. The highest BCUT2D eigenvalue weighted by molar-refractivity contribution is 7.48. The molecule has 0 N–H and O–H groups in total. The van der Waals surface area contributed by atoms with Crippen LogP contribution in [0.15, 0.2) is 0 Å². The Morgan fingerprint density at radius 3 is 1.07 bits per heavy atom. The molecule has 0 fully saturated rings. The summed E-state index contributed by atoms with van der Waals surface area (Å²) in [5.74, 6) is 0. The molecule has 0 aliphatic carbocycles. The van der Waals surface area contributed by atoms with Crippen molar-refractivity contribution in [3.8, 4) is 0 Å². The van der Waals surface area contributed by atoms with Crippen molar-refractivity contribution in [3.05, 3.63) is 0 Å². The summed E-state index contributed by atoms with van der Waals surface area (Å²) in [5, 5.41) is 0. The minimum absolute atomic E-state index is 0.0423. The molecule has 11 heteroatoms. The first-order valence-electron chi connectivity index (χ1n) is 10.4. The van der Waals surface area contributed by atoms with Gasteiger partial charge < -0.3 is 14.2 Å². The van der Waals surface area contributed by atoms with E-state index in [1.807, 2.05) is 0 Å². The van der Waals surface area contributed by atoms with Crippen LogP contribution in [-0.2, 0) is 47.5 Å². The Hall–Kier alpha value is -0.130. The molecule has 0 saturated carbocycles. The van der Waals surface area contributed by atoms with E-state index >= 15 is 0 Å². The van der Waals surface area contributed by atoms with Gasteiger partial charge in [0.25, 0.3) is 0 Å². The van der Waals surface area contributed by atoms with Crippen LogP contribution >= 0.6 is 7.82 Å². The Labute approximate surface area is 174 Å². The quantitative estimate of drug-likeness (QED) is 0.0918. The lowest BCUT2D eigenvalue weighted by Crippen LogP contribution is -2.11. The summed E-state index contributed by atoms with van der Waals surface area (Å²) in [7, 11) is -4.24. The van der Waals surface area contributed by atoms with Crippen molar-refractivity contribution < 1.29 is 47.5 Å². The summed E-state index contributed by atoms with van der Waals surface area (Å²) in [5.41, 5.74) is 0. The number of ether oxygens (including phenoxy) is 3. The average molecular weight is 446 g/mol. The molecule has 0 saturated heterocycles. The monoisotopic (exact) mass is 446 g/mol. The third kappa shape index (κ3) is 20.9. The molecule has 0 heterocycles. The Balaban J connectivity index is 4.05. The summed E-state index contributed by atoms with van der Waals surface area (Å²) in [4.78, 5) is 14.5. The SMILES string of the molecule is CCCCOCCOOP(=O)(OOCCOCCCC)OOCCOCCCC. The molecule has 0 aromatic heterocycles. The van der Waals surface area contributed by atoms with E-state index < -0.39 is 7.82 Å². The molecule has 176 valence electrons. The second-order valence-corrected chi connectivity index (χ2v) is 7.38. The van der Waals surface area contributed by atoms with Gasteiger partial charge in [0.2, 0.25) is 0 Å². The van der Waals surface area contributed by atoms with Crippen LogP contribution in [0.1, 0.15) is 59.3 Å². The lowest BCUT2D eigenvalue weighted by molar-refractivity contribution is -0.328. The van der Waals surface area contributed by atoms with Gasteiger partial charge >= 0.3 is 7.82 Å². The maximum Gasteiger partial charge on any atom is 0.556 e. The highest BCUT2D eigenvalue weighted by Gasteiger charge is 2.32. The van der Waals surface area contributed by atoms with Gasteiger partial charge in [-0.25, -0.2) is 19.2 Å². The van der Waals surface area contributed by atoms with Gasteiger partial charge in [0.05, 0.1) is 19.8 Å². The van der Waals surface area contributed by atoms with Gasteiger partial charge in [-0.2, -0.15) is 0 Å². The zero-order valence-corrected chi connectivity index (χ0v) is 19.0. The Morgan fingerprint density at radius 2 is 0.793 bits per heavy atom. The van der Waals surface area contributed by atoms with Gasteiger partial charge in [0.15, 0.2) is 0 Å². The standard InChI is InChI=1S/C18H39O10P/c1-4-7-10-20-13-16-23-26-29(19,27-24-17-14-21-11-8-5-2)28-25-18-15-22-12-9-6-3/h4-18H2,1-3H3. The summed E-state index contributed by atoms with van der Waals surface area (Å²) < 4.78 is 42.6. The van der Waals surface area contributed by atoms with Gasteiger partial charge in [-0.1, -0.05) is 40.0 Å². The minimum Gasteiger partial charge on any atom is -0.379 e. The maximum atomic E-state index is 12.5. The molecule has 0 atom stereocenters. The van der Waals surface area contributed by atoms with Crippen LogP contribution in [0.3, 0.4) is 0 Å². The molecule has 0 aliphatic rings. The first-order chi connectivity index (χ1) is 14.2. The van der Waals surface area contributed by atoms with E-state index in [1.54, 1.807) is 0 Å². The molecule has 0 unspecified atom stereocenters. The molecule has 29 heavy (non-hydrogen) atoms. The fourth-order valence-corrected chi connectivity index (χ4v) is 2.35. The number of unbranched alkanes of at least 4 members (excludes halogenated alkanes) is 3. The molecule has 0 aromatic rings. The van der Waals surface area contributed by atoms with Gasteiger partial charge in [0.1, 0.15) is 19.8 Å². The minimum atomic E-state index is -4.24. The topological polar surface area (TPSA) is 100 Å². The van der Waals surface area contributed by atoms with E-state index in [4.69, 9.17) is 42.9 Å². The first kappa shape index (κ1) is 28.9. The number of hydrogen-bond acceptors (Lipinski definition) is 10. The fourth-order valence-electron chi connectivity index (χ4n) is 1.67. The lowest BCUT2D eigenvalue weighted by Gasteiger charge is -2.15. The molecule has 0 aliphatic heterocycles. The van der Waals surface area contributed by atoms with E-state index in [1.165, 1.54) is 0 Å². The molecule has 0 bridgehead atoms. The van der Waals surface area contributed by atoms with E-state index in [9.17, 15) is 4.57 Å². The van der Waals surface area contributed by atoms with Crippen molar-refractivity contribution in [2.75, 3.05) is 59.5 Å². The number of rotatable bonds is 24. The fraction of sp³-hybridized carbons (Fsp3) is 1.00. The van der Waals surface area contributed by atoms with Crippen molar-refractivity contribution in [2.24, 2.45) is 0 Å². The van der Waals surface area contributed by atoms with Crippen molar-refractivity contribution in [2.45, 2.75) is 59.3 Å². The predicted octanol–water partition coefficient (Wildman–Crippen LogP) is 4.39. The summed E-state index contributed by atoms with van der Waals surface area (Å²) in [6.07, 6.45) is 5.96. The van der Waals surface area contributed by atoms with Crippen LogP contribution in [0.2, 0.25) is 0 Å². The number of phosphoric acid groups is 1. The number of hydrogen-bond donors (Lipinski definition) is 0. The van der Waals surface area contributed by atoms with Crippen LogP contribution in [0.5, 0.6) is 0 Å². The van der Waals surface area contributed by atoms with E-state index in [0.29, 0.717) is 19.8 Å².